The summed E-state index contributed by atoms with van der Waals surface area (Å²) < 4.78 is 0. The molecule has 1 aromatic heterocycles. The van der Waals surface area contributed by atoms with Crippen LogP contribution in [0.5, 0.6) is 0 Å². The van der Waals surface area contributed by atoms with E-state index in [1.54, 1.807) is 18.3 Å². The zero-order valence-electron chi connectivity index (χ0n) is 16.5. The van der Waals surface area contributed by atoms with Gasteiger partial charge < -0.3 is 15.6 Å². The van der Waals surface area contributed by atoms with Gasteiger partial charge in [0.25, 0.3) is 5.91 Å². The van der Waals surface area contributed by atoms with Crippen molar-refractivity contribution in [1.29, 1.82) is 5.26 Å². The Morgan fingerprint density at radius 3 is 2.48 bits per heavy atom. The first kappa shape index (κ1) is 18.5. The van der Waals surface area contributed by atoms with Crippen LogP contribution in [0.3, 0.4) is 0 Å². The Kier molecular flexibility index (Phi) is 4.58. The van der Waals surface area contributed by atoms with Crippen LogP contribution in [-0.2, 0) is 4.79 Å². The molecule has 1 aliphatic rings. The first-order valence-corrected chi connectivity index (χ1v) is 9.88. The minimum absolute atomic E-state index is 0.161. The summed E-state index contributed by atoms with van der Waals surface area (Å²) in [5.74, 6) is -0.161. The lowest BCUT2D eigenvalue weighted by atomic mass is 10.0. The first-order valence-electron chi connectivity index (χ1n) is 9.88. The average Bonchev–Trinajstić information content (AvgIpc) is 3.38. The van der Waals surface area contributed by atoms with E-state index in [1.807, 2.05) is 48.5 Å². The zero-order chi connectivity index (χ0) is 21.2. The normalized spacial score (nSPS) is 13.5. The van der Waals surface area contributed by atoms with Crippen LogP contribution in [0, 0.1) is 11.3 Å². The van der Waals surface area contributed by atoms with Crippen molar-refractivity contribution < 1.29 is 4.79 Å². The Morgan fingerprint density at radius 1 is 0.871 bits per heavy atom. The summed E-state index contributed by atoms with van der Waals surface area (Å²) >= 11 is 0. The molecule has 0 saturated heterocycles. The number of hydrogen-bond acceptors (Lipinski definition) is 3. The Labute approximate surface area is 179 Å². The summed E-state index contributed by atoms with van der Waals surface area (Å²) in [6.45, 7) is 0. The van der Waals surface area contributed by atoms with E-state index in [4.69, 9.17) is 5.26 Å². The van der Waals surface area contributed by atoms with Crippen molar-refractivity contribution in [2.45, 2.75) is 0 Å². The predicted molar refractivity (Wildman–Crippen MR) is 124 cm³/mol. The summed E-state index contributed by atoms with van der Waals surface area (Å²) in [5, 5.41) is 15.3. The van der Waals surface area contributed by atoms with E-state index >= 15 is 0 Å². The molecule has 0 unspecified atom stereocenters. The van der Waals surface area contributed by atoms with Gasteiger partial charge in [-0.2, -0.15) is 5.26 Å². The maximum Gasteiger partial charge on any atom is 0.256 e. The molecule has 0 atom stereocenters. The monoisotopic (exact) mass is 402 g/mol. The van der Waals surface area contributed by atoms with Gasteiger partial charge in [0.2, 0.25) is 0 Å². The number of fused-ring (bicyclic) bond motifs is 1. The van der Waals surface area contributed by atoms with Crippen molar-refractivity contribution in [1.82, 2.24) is 4.98 Å². The van der Waals surface area contributed by atoms with Crippen molar-refractivity contribution in [3.05, 3.63) is 102 Å². The van der Waals surface area contributed by atoms with Crippen LogP contribution in [-0.4, -0.2) is 10.9 Å². The zero-order valence-corrected chi connectivity index (χ0v) is 16.5. The number of amides is 1. The lowest BCUT2D eigenvalue weighted by Gasteiger charge is -2.10. The van der Waals surface area contributed by atoms with Gasteiger partial charge in [-0.15, -0.1) is 0 Å². The molecule has 0 spiro atoms. The van der Waals surface area contributed by atoms with Crippen molar-refractivity contribution in [2.75, 3.05) is 10.6 Å². The fourth-order valence-electron chi connectivity index (χ4n) is 3.70. The van der Waals surface area contributed by atoms with Crippen LogP contribution in [0.1, 0.15) is 16.8 Å². The molecule has 5 nitrogen and oxygen atoms in total. The van der Waals surface area contributed by atoms with Crippen LogP contribution < -0.4 is 10.6 Å². The largest absolute Gasteiger partial charge is 0.360 e. The second-order valence-electron chi connectivity index (χ2n) is 7.30. The highest BCUT2D eigenvalue weighted by Crippen LogP contribution is 2.36. The lowest BCUT2D eigenvalue weighted by Crippen LogP contribution is -2.03. The van der Waals surface area contributed by atoms with Gasteiger partial charge in [-0.25, -0.2) is 0 Å². The standard InChI is InChI=1S/C26H18N4O/c27-15-17-11-22(28-16-17)13-24-23-10-9-21(14-25(23)30-26(24)31)29-20-8-4-7-19(12-20)18-5-2-1-3-6-18/h1-14,16,28-29H,(H,30,31). The van der Waals surface area contributed by atoms with Crippen molar-refractivity contribution in [3.8, 4) is 17.2 Å². The van der Waals surface area contributed by atoms with Crippen LogP contribution in [0.15, 0.2) is 85.1 Å². The maximum atomic E-state index is 12.5. The number of H-pyrrole nitrogens is 1. The lowest BCUT2D eigenvalue weighted by molar-refractivity contribution is -0.110. The third-order valence-corrected chi connectivity index (χ3v) is 5.20. The van der Waals surface area contributed by atoms with Gasteiger partial charge in [0.1, 0.15) is 6.07 Å². The molecule has 148 valence electrons. The molecule has 0 aliphatic carbocycles. The number of hydrogen-bond donors (Lipinski definition) is 3. The molecular formula is C26H18N4O. The fraction of sp³-hybridized carbons (Fsp3) is 0. The van der Waals surface area contributed by atoms with E-state index in [-0.39, 0.29) is 5.91 Å². The number of nitrogens with zero attached hydrogens (tertiary/aromatic N) is 1. The van der Waals surface area contributed by atoms with Crippen molar-refractivity contribution >= 4 is 34.6 Å². The summed E-state index contributed by atoms with van der Waals surface area (Å²) in [4.78, 5) is 15.5. The molecular weight excluding hydrogens is 384 g/mol. The van der Waals surface area contributed by atoms with Gasteiger partial charge in [0.15, 0.2) is 0 Å². The molecule has 1 aliphatic heterocycles. The number of carbonyl (C=O) groups is 1. The number of carbonyl (C=O) groups excluding carboxylic acids is 1. The van der Waals surface area contributed by atoms with E-state index in [1.165, 1.54) is 0 Å². The topological polar surface area (TPSA) is 80.7 Å². The second kappa shape index (κ2) is 7.69. The summed E-state index contributed by atoms with van der Waals surface area (Å²) in [6, 6.07) is 28.1. The molecule has 0 fully saturated rings. The van der Waals surface area contributed by atoms with E-state index < -0.39 is 0 Å². The van der Waals surface area contributed by atoms with E-state index in [9.17, 15) is 4.79 Å². The van der Waals surface area contributed by atoms with Crippen LogP contribution >= 0.6 is 0 Å². The summed E-state index contributed by atoms with van der Waals surface area (Å²) in [5.41, 5.74) is 7.55. The number of aromatic amines is 1. The Hall–Kier alpha value is -4.56. The minimum atomic E-state index is -0.161. The molecule has 31 heavy (non-hydrogen) atoms. The SMILES string of the molecule is N#Cc1c[nH]c(C=C2C(=O)Nc3cc(Nc4cccc(-c5ccccc5)c4)ccc32)c1. The van der Waals surface area contributed by atoms with Crippen LogP contribution in [0.25, 0.3) is 22.8 Å². The Bertz CT molecular complexity index is 1360. The third kappa shape index (κ3) is 3.70. The average molecular weight is 402 g/mol. The predicted octanol–water partition coefficient (Wildman–Crippen LogP) is 5.79. The molecule has 3 aromatic carbocycles. The molecule has 5 rings (SSSR count). The maximum absolute atomic E-state index is 12.5. The first-order chi connectivity index (χ1) is 15.2. The molecule has 0 radical (unpaired) electrons. The Morgan fingerprint density at radius 2 is 1.68 bits per heavy atom. The molecule has 4 aromatic rings. The quantitative estimate of drug-likeness (QED) is 0.378. The van der Waals surface area contributed by atoms with Crippen molar-refractivity contribution in [3.63, 3.8) is 0 Å². The molecule has 2 heterocycles. The minimum Gasteiger partial charge on any atom is -0.360 e. The Balaban J connectivity index is 1.41. The number of anilines is 3. The highest BCUT2D eigenvalue weighted by molar-refractivity contribution is 6.35. The molecule has 0 saturated carbocycles. The molecule has 3 N–H and O–H groups in total. The van der Waals surface area contributed by atoms with E-state index in [0.29, 0.717) is 11.1 Å². The summed E-state index contributed by atoms with van der Waals surface area (Å²) in [7, 11) is 0. The number of aromatic nitrogens is 1. The van der Waals surface area contributed by atoms with Gasteiger partial charge >= 0.3 is 0 Å². The van der Waals surface area contributed by atoms with Crippen LogP contribution in [0.2, 0.25) is 0 Å². The number of rotatable bonds is 4. The highest BCUT2D eigenvalue weighted by Gasteiger charge is 2.24. The third-order valence-electron chi connectivity index (χ3n) is 5.20. The fourth-order valence-corrected chi connectivity index (χ4v) is 3.70. The highest BCUT2D eigenvalue weighted by atomic mass is 16.2. The van der Waals surface area contributed by atoms with Crippen molar-refractivity contribution in [2.24, 2.45) is 0 Å². The van der Waals surface area contributed by atoms with Crippen LogP contribution in [0.4, 0.5) is 17.1 Å². The van der Waals surface area contributed by atoms with E-state index in [0.717, 1.165) is 39.4 Å². The number of benzene rings is 3. The molecule has 1 amide bonds. The van der Waals surface area contributed by atoms with Gasteiger partial charge in [0, 0.05) is 28.8 Å². The van der Waals surface area contributed by atoms with Gasteiger partial charge in [0.05, 0.1) is 16.8 Å². The number of nitriles is 1. The van der Waals surface area contributed by atoms with Gasteiger partial charge in [-0.05, 0) is 47.5 Å². The molecule has 5 heteroatoms. The van der Waals surface area contributed by atoms with Gasteiger partial charge in [-0.1, -0.05) is 48.5 Å². The smallest absolute Gasteiger partial charge is 0.256 e. The molecule has 0 bridgehead atoms. The number of nitrogens with one attached hydrogen (secondary N) is 3. The van der Waals surface area contributed by atoms with E-state index in [2.05, 4.69) is 46.0 Å². The van der Waals surface area contributed by atoms with Gasteiger partial charge in [-0.3, -0.25) is 4.79 Å². The second-order valence-corrected chi connectivity index (χ2v) is 7.30. The summed E-state index contributed by atoms with van der Waals surface area (Å²) in [6.07, 6.45) is 3.38.